The van der Waals surface area contributed by atoms with Crippen LogP contribution in [0.2, 0.25) is 5.02 Å². The number of hydrogen-bond donors (Lipinski definition) is 3. The van der Waals surface area contributed by atoms with Crippen molar-refractivity contribution in [3.05, 3.63) is 86.8 Å². The van der Waals surface area contributed by atoms with Gasteiger partial charge in [0.05, 0.1) is 11.4 Å². The summed E-state index contributed by atoms with van der Waals surface area (Å²) in [6, 6.07) is 16.0. The molecule has 0 saturated carbocycles. The van der Waals surface area contributed by atoms with Gasteiger partial charge in [-0.2, -0.15) is 5.21 Å². The molecule has 0 unspecified atom stereocenters. The molecule has 0 saturated heterocycles. The predicted octanol–water partition coefficient (Wildman–Crippen LogP) is 5.71. The highest BCUT2D eigenvalue weighted by atomic mass is 35.5. The predicted molar refractivity (Wildman–Crippen MR) is 137 cm³/mol. The number of azo groups is 1. The number of aryl methyl sites for hydroxylation is 3. The molecule has 0 atom stereocenters. The molecule has 36 heavy (non-hydrogen) atoms. The van der Waals surface area contributed by atoms with E-state index < -0.39 is 0 Å². The average Bonchev–Trinajstić information content (AvgIpc) is 3.49. The molecule has 10 nitrogen and oxygen atoms in total. The highest BCUT2D eigenvalue weighted by Gasteiger charge is 2.16. The molecular formula is C25H21ClN8O2. The Labute approximate surface area is 210 Å². The van der Waals surface area contributed by atoms with Crippen molar-refractivity contribution in [2.45, 2.75) is 20.8 Å². The number of nitrogens with zero attached hydrogens (tertiary/aromatic N) is 6. The van der Waals surface area contributed by atoms with Crippen molar-refractivity contribution in [1.29, 1.82) is 0 Å². The summed E-state index contributed by atoms with van der Waals surface area (Å²) in [7, 11) is 0. The minimum atomic E-state index is -0.338. The molecule has 5 rings (SSSR count). The number of tetrazole rings is 1. The molecule has 0 spiro atoms. The molecule has 0 radical (unpaired) electrons. The van der Waals surface area contributed by atoms with Crippen LogP contribution in [0, 0.1) is 20.8 Å². The molecule has 180 valence electrons. The van der Waals surface area contributed by atoms with Crippen LogP contribution in [0.4, 0.5) is 11.4 Å². The Morgan fingerprint density at radius 1 is 0.972 bits per heavy atom. The third-order valence-corrected chi connectivity index (χ3v) is 6.24. The summed E-state index contributed by atoms with van der Waals surface area (Å²) >= 11 is 6.50. The van der Waals surface area contributed by atoms with Gasteiger partial charge in [0, 0.05) is 21.7 Å². The SMILES string of the molecule is Cc1ccc(-n2[nH]c(C)c(N=Nc3cccc(-c4ccc(-c5nn[nH]n5)cc4Cl)c3O)c2=O)cc1C. The monoisotopic (exact) mass is 500 g/mol. The first-order chi connectivity index (χ1) is 17.3. The minimum Gasteiger partial charge on any atom is -0.505 e. The quantitative estimate of drug-likeness (QED) is 0.265. The third kappa shape index (κ3) is 4.18. The van der Waals surface area contributed by atoms with E-state index in [2.05, 4.69) is 36.0 Å². The standard InChI is InChI=1S/C25H21ClN8O2/c1-13-7-9-17(11-14(13)2)34-25(36)22(15(3)31-34)28-27-21-6-4-5-19(23(21)35)18-10-8-16(12-20(18)26)24-29-32-33-30-24/h4-12,31,35H,1-3H3,(H,29,30,32,33). The second kappa shape index (κ2) is 9.23. The smallest absolute Gasteiger partial charge is 0.299 e. The van der Waals surface area contributed by atoms with Crippen LogP contribution in [0.15, 0.2) is 69.6 Å². The van der Waals surface area contributed by atoms with E-state index >= 15 is 0 Å². The van der Waals surface area contributed by atoms with Crippen molar-refractivity contribution in [3.8, 4) is 34.0 Å². The fourth-order valence-corrected chi connectivity index (χ4v) is 4.07. The fourth-order valence-electron chi connectivity index (χ4n) is 3.79. The number of phenolic OH excluding ortho intramolecular Hbond substituents is 1. The van der Waals surface area contributed by atoms with Crippen LogP contribution in [-0.2, 0) is 0 Å². The summed E-state index contributed by atoms with van der Waals surface area (Å²) in [5.74, 6) is 0.293. The number of nitrogens with one attached hydrogen (secondary N) is 2. The van der Waals surface area contributed by atoms with Crippen molar-refractivity contribution >= 4 is 23.0 Å². The molecule has 2 heterocycles. The number of hydrogen-bond acceptors (Lipinski definition) is 7. The number of benzene rings is 3. The van der Waals surface area contributed by atoms with Crippen molar-refractivity contribution in [1.82, 2.24) is 30.4 Å². The Bertz CT molecular complexity index is 1670. The molecule has 3 aromatic carbocycles. The summed E-state index contributed by atoms with van der Waals surface area (Å²) in [6.45, 7) is 5.74. The molecule has 5 aromatic rings. The number of aromatic nitrogens is 6. The average molecular weight is 501 g/mol. The Kier molecular flexibility index (Phi) is 5.95. The van der Waals surface area contributed by atoms with E-state index in [4.69, 9.17) is 11.6 Å². The van der Waals surface area contributed by atoms with E-state index in [1.54, 1.807) is 43.3 Å². The number of rotatable bonds is 5. The van der Waals surface area contributed by atoms with Crippen LogP contribution in [0.3, 0.4) is 0 Å². The van der Waals surface area contributed by atoms with E-state index in [0.29, 0.717) is 38.9 Å². The zero-order valence-electron chi connectivity index (χ0n) is 19.6. The Hall–Kier alpha value is -4.57. The summed E-state index contributed by atoms with van der Waals surface area (Å²) in [6.07, 6.45) is 0. The van der Waals surface area contributed by atoms with Gasteiger partial charge in [-0.25, -0.2) is 4.68 Å². The number of halogens is 1. The van der Waals surface area contributed by atoms with Gasteiger partial charge >= 0.3 is 0 Å². The molecule has 0 fully saturated rings. The van der Waals surface area contributed by atoms with E-state index in [1.807, 2.05) is 32.0 Å². The maximum atomic E-state index is 13.0. The number of aromatic amines is 2. The van der Waals surface area contributed by atoms with Crippen LogP contribution in [0.1, 0.15) is 16.8 Å². The first-order valence-corrected chi connectivity index (χ1v) is 11.4. The topological polar surface area (TPSA) is 137 Å². The third-order valence-electron chi connectivity index (χ3n) is 5.92. The maximum Gasteiger partial charge on any atom is 0.299 e. The van der Waals surface area contributed by atoms with Gasteiger partial charge < -0.3 is 5.11 Å². The van der Waals surface area contributed by atoms with Crippen LogP contribution < -0.4 is 5.56 Å². The van der Waals surface area contributed by atoms with E-state index in [0.717, 1.165) is 11.1 Å². The van der Waals surface area contributed by atoms with Crippen LogP contribution in [0.5, 0.6) is 5.75 Å². The van der Waals surface area contributed by atoms with Gasteiger partial charge in [-0.3, -0.25) is 9.89 Å². The lowest BCUT2D eigenvalue weighted by Crippen LogP contribution is -2.14. The second-order valence-electron chi connectivity index (χ2n) is 8.30. The van der Waals surface area contributed by atoms with E-state index in [-0.39, 0.29) is 22.7 Å². The van der Waals surface area contributed by atoms with Crippen LogP contribution in [0.25, 0.3) is 28.2 Å². The minimum absolute atomic E-state index is 0.113. The molecule has 0 aliphatic heterocycles. The van der Waals surface area contributed by atoms with E-state index in [9.17, 15) is 9.90 Å². The lowest BCUT2D eigenvalue weighted by atomic mass is 10.0. The van der Waals surface area contributed by atoms with Crippen molar-refractivity contribution in [2.75, 3.05) is 0 Å². The number of H-pyrrole nitrogens is 2. The molecule has 0 aliphatic rings. The van der Waals surface area contributed by atoms with Gasteiger partial charge in [0.1, 0.15) is 5.69 Å². The van der Waals surface area contributed by atoms with Gasteiger partial charge in [0.2, 0.25) is 5.82 Å². The zero-order valence-corrected chi connectivity index (χ0v) is 20.4. The van der Waals surface area contributed by atoms with Gasteiger partial charge in [0.25, 0.3) is 5.56 Å². The van der Waals surface area contributed by atoms with Crippen molar-refractivity contribution in [2.24, 2.45) is 10.2 Å². The first kappa shape index (κ1) is 23.2. The number of para-hydroxylation sites is 1. The summed E-state index contributed by atoms with van der Waals surface area (Å²) < 4.78 is 1.43. The zero-order chi connectivity index (χ0) is 25.4. The summed E-state index contributed by atoms with van der Waals surface area (Å²) in [4.78, 5) is 13.0. The van der Waals surface area contributed by atoms with Crippen LogP contribution >= 0.6 is 11.6 Å². The molecule has 2 aromatic heterocycles. The van der Waals surface area contributed by atoms with Crippen molar-refractivity contribution < 1.29 is 5.11 Å². The normalized spacial score (nSPS) is 11.4. The van der Waals surface area contributed by atoms with Gasteiger partial charge in [-0.1, -0.05) is 41.9 Å². The highest BCUT2D eigenvalue weighted by molar-refractivity contribution is 6.33. The first-order valence-electron chi connectivity index (χ1n) is 11.0. The fraction of sp³-hybridized carbons (Fsp3) is 0.120. The second-order valence-corrected chi connectivity index (χ2v) is 8.71. The molecule has 11 heteroatoms. The summed E-state index contributed by atoms with van der Waals surface area (Å²) in [5.41, 5.74) is 5.21. The van der Waals surface area contributed by atoms with Crippen LogP contribution in [-0.4, -0.2) is 35.5 Å². The largest absolute Gasteiger partial charge is 0.505 e. The molecule has 0 aliphatic carbocycles. The van der Waals surface area contributed by atoms with Crippen molar-refractivity contribution in [3.63, 3.8) is 0 Å². The molecule has 0 bridgehead atoms. The van der Waals surface area contributed by atoms with E-state index in [1.165, 1.54) is 4.68 Å². The van der Waals surface area contributed by atoms with Gasteiger partial charge in [-0.15, -0.1) is 20.4 Å². The number of aromatic hydroxyl groups is 1. The van der Waals surface area contributed by atoms with Gasteiger partial charge in [0.15, 0.2) is 11.4 Å². The Morgan fingerprint density at radius 2 is 1.81 bits per heavy atom. The lowest BCUT2D eigenvalue weighted by molar-refractivity contribution is 0.478. The molecule has 0 amide bonds. The Morgan fingerprint density at radius 3 is 2.53 bits per heavy atom. The van der Waals surface area contributed by atoms with Gasteiger partial charge in [-0.05, 0) is 61.4 Å². The lowest BCUT2D eigenvalue weighted by Gasteiger charge is -2.09. The molecular weight excluding hydrogens is 480 g/mol. The highest BCUT2D eigenvalue weighted by Crippen LogP contribution is 2.41. The Balaban J connectivity index is 1.48. The maximum absolute atomic E-state index is 13.0. The molecule has 3 N–H and O–H groups in total. The number of phenols is 1. The summed E-state index contributed by atoms with van der Waals surface area (Å²) in [5, 5.41) is 36.5.